The molecule has 1 heterocycles. The van der Waals surface area contributed by atoms with E-state index >= 15 is 0 Å². The zero-order valence-electron chi connectivity index (χ0n) is 8.92. The lowest BCUT2D eigenvalue weighted by Gasteiger charge is -2.03. The second-order valence-corrected chi connectivity index (χ2v) is 4.82. The Morgan fingerprint density at radius 2 is 1.65 bits per heavy atom. The summed E-state index contributed by atoms with van der Waals surface area (Å²) in [6, 6.07) is 17.0. The topological polar surface area (TPSA) is 25.8 Å². The number of nitrogens with zero attached hydrogens (tertiary/aromatic N) is 2. The molecule has 80 valence electrons. The minimum absolute atomic E-state index is 0.984. The fraction of sp³-hybridized carbons (Fsp3) is 0. The van der Waals surface area contributed by atoms with Crippen LogP contribution < -0.4 is 0 Å². The van der Waals surface area contributed by atoms with Gasteiger partial charge in [-0.3, -0.25) is 0 Å². The van der Waals surface area contributed by atoms with Gasteiger partial charge in [-0.15, -0.1) is 5.10 Å². The fourth-order valence-electron chi connectivity index (χ4n) is 2.33. The largest absolute Gasteiger partial charge is 0.138 e. The third-order valence-electron chi connectivity index (χ3n) is 3.14. The quantitative estimate of drug-likeness (QED) is 0.431. The predicted octanol–water partition coefficient (Wildman–Crippen LogP) is 4.00. The van der Waals surface area contributed by atoms with E-state index in [9.17, 15) is 0 Å². The van der Waals surface area contributed by atoms with Gasteiger partial charge in [-0.1, -0.05) is 47.0 Å². The lowest BCUT2D eigenvalue weighted by molar-refractivity contribution is 1.20. The van der Waals surface area contributed by atoms with Crippen molar-refractivity contribution in [2.75, 3.05) is 0 Å². The van der Waals surface area contributed by atoms with Crippen molar-refractivity contribution in [1.82, 2.24) is 9.59 Å². The van der Waals surface area contributed by atoms with Gasteiger partial charge in [0, 0.05) is 5.39 Å². The highest BCUT2D eigenvalue weighted by atomic mass is 32.1. The van der Waals surface area contributed by atoms with Gasteiger partial charge in [0.2, 0.25) is 0 Å². The number of benzene rings is 3. The van der Waals surface area contributed by atoms with Crippen molar-refractivity contribution in [3.63, 3.8) is 0 Å². The van der Waals surface area contributed by atoms with E-state index < -0.39 is 0 Å². The molecule has 0 aliphatic carbocycles. The summed E-state index contributed by atoms with van der Waals surface area (Å²) in [7, 11) is 0. The smallest absolute Gasteiger partial charge is 0.106 e. The summed E-state index contributed by atoms with van der Waals surface area (Å²) in [6.45, 7) is 0. The van der Waals surface area contributed by atoms with Gasteiger partial charge >= 0.3 is 0 Å². The lowest BCUT2D eigenvalue weighted by Crippen LogP contribution is -1.78. The minimum Gasteiger partial charge on any atom is -0.138 e. The van der Waals surface area contributed by atoms with Gasteiger partial charge in [0.25, 0.3) is 0 Å². The van der Waals surface area contributed by atoms with Gasteiger partial charge in [0.05, 0.1) is 4.70 Å². The summed E-state index contributed by atoms with van der Waals surface area (Å²) in [6.07, 6.45) is 0. The first kappa shape index (κ1) is 9.07. The molecule has 0 amide bonds. The average Bonchev–Trinajstić information content (AvgIpc) is 2.86. The lowest BCUT2D eigenvalue weighted by atomic mass is 10.0. The molecule has 0 saturated heterocycles. The van der Waals surface area contributed by atoms with Gasteiger partial charge < -0.3 is 0 Å². The number of hydrogen-bond donors (Lipinski definition) is 0. The number of aromatic nitrogens is 2. The van der Waals surface area contributed by atoms with Gasteiger partial charge in [-0.2, -0.15) is 0 Å². The Bertz CT molecular complexity index is 848. The summed E-state index contributed by atoms with van der Waals surface area (Å²) in [4.78, 5) is 0. The standard InChI is InChI=1S/C14H8N2S/c1-2-4-10-9(3-1)5-6-12-11(10)7-8-13-14(12)17-16-15-13/h1-8H. The van der Waals surface area contributed by atoms with E-state index in [0.29, 0.717) is 0 Å². The molecule has 0 N–H and O–H groups in total. The second-order valence-electron chi connectivity index (χ2n) is 4.07. The molecular formula is C14H8N2S. The second kappa shape index (κ2) is 3.25. The first-order valence-electron chi connectivity index (χ1n) is 5.46. The first-order valence-corrected chi connectivity index (χ1v) is 6.23. The Balaban J connectivity index is 2.34. The Hall–Kier alpha value is -2.00. The molecule has 3 heteroatoms. The van der Waals surface area contributed by atoms with Crippen LogP contribution in [-0.2, 0) is 0 Å². The van der Waals surface area contributed by atoms with Gasteiger partial charge in [0.1, 0.15) is 5.52 Å². The van der Waals surface area contributed by atoms with Gasteiger partial charge in [-0.25, -0.2) is 0 Å². The molecule has 1 aromatic heterocycles. The molecule has 0 unspecified atom stereocenters. The van der Waals surface area contributed by atoms with Crippen LogP contribution in [0.3, 0.4) is 0 Å². The highest BCUT2D eigenvalue weighted by molar-refractivity contribution is 7.14. The Kier molecular flexibility index (Phi) is 1.73. The summed E-state index contributed by atoms with van der Waals surface area (Å²) < 4.78 is 5.20. The van der Waals surface area contributed by atoms with Crippen LogP contribution in [0.2, 0.25) is 0 Å². The molecule has 2 nitrogen and oxygen atoms in total. The molecule has 0 bridgehead atoms. The third-order valence-corrected chi connectivity index (χ3v) is 3.91. The van der Waals surface area contributed by atoms with E-state index in [-0.39, 0.29) is 0 Å². The molecule has 0 spiro atoms. The van der Waals surface area contributed by atoms with Crippen LogP contribution in [0.1, 0.15) is 0 Å². The molecule has 0 radical (unpaired) electrons. The summed E-state index contributed by atoms with van der Waals surface area (Å²) in [5.74, 6) is 0. The van der Waals surface area contributed by atoms with Crippen LogP contribution in [0.5, 0.6) is 0 Å². The maximum atomic E-state index is 4.12. The molecule has 17 heavy (non-hydrogen) atoms. The zero-order chi connectivity index (χ0) is 11.2. The van der Waals surface area contributed by atoms with Crippen molar-refractivity contribution in [2.24, 2.45) is 0 Å². The SMILES string of the molecule is c1ccc2c(c1)ccc1c2ccc2nnsc21. The summed E-state index contributed by atoms with van der Waals surface area (Å²) in [5.41, 5.74) is 0.984. The minimum atomic E-state index is 0.984. The zero-order valence-corrected chi connectivity index (χ0v) is 9.74. The van der Waals surface area contributed by atoms with Crippen LogP contribution in [0.15, 0.2) is 48.5 Å². The van der Waals surface area contributed by atoms with Crippen LogP contribution >= 0.6 is 11.5 Å². The van der Waals surface area contributed by atoms with Crippen LogP contribution in [0.4, 0.5) is 0 Å². The predicted molar refractivity (Wildman–Crippen MR) is 72.4 cm³/mol. The van der Waals surface area contributed by atoms with Crippen molar-refractivity contribution < 1.29 is 0 Å². The molecule has 0 atom stereocenters. The maximum Gasteiger partial charge on any atom is 0.106 e. The highest BCUT2D eigenvalue weighted by Crippen LogP contribution is 2.31. The van der Waals surface area contributed by atoms with Crippen molar-refractivity contribution in [1.29, 1.82) is 0 Å². The van der Waals surface area contributed by atoms with E-state index in [2.05, 4.69) is 52.1 Å². The van der Waals surface area contributed by atoms with Crippen molar-refractivity contribution >= 4 is 43.3 Å². The summed E-state index contributed by atoms with van der Waals surface area (Å²) in [5, 5.41) is 9.21. The van der Waals surface area contributed by atoms with Gasteiger partial charge in [0.15, 0.2) is 0 Å². The molecule has 0 aliphatic rings. The number of hydrogen-bond acceptors (Lipinski definition) is 3. The van der Waals surface area contributed by atoms with E-state index in [1.807, 2.05) is 6.07 Å². The van der Waals surface area contributed by atoms with Crippen LogP contribution in [0.25, 0.3) is 31.8 Å². The Morgan fingerprint density at radius 1 is 0.765 bits per heavy atom. The third kappa shape index (κ3) is 1.20. The molecule has 0 saturated carbocycles. The highest BCUT2D eigenvalue weighted by Gasteiger charge is 2.06. The van der Waals surface area contributed by atoms with E-state index in [1.165, 1.54) is 37.8 Å². The van der Waals surface area contributed by atoms with Crippen molar-refractivity contribution in [3.8, 4) is 0 Å². The average molecular weight is 236 g/mol. The number of rotatable bonds is 0. The number of fused-ring (bicyclic) bond motifs is 5. The first-order chi connectivity index (χ1) is 8.43. The molecule has 4 rings (SSSR count). The van der Waals surface area contributed by atoms with E-state index in [4.69, 9.17) is 0 Å². The van der Waals surface area contributed by atoms with E-state index in [1.54, 1.807) is 0 Å². The van der Waals surface area contributed by atoms with Crippen molar-refractivity contribution in [2.45, 2.75) is 0 Å². The monoisotopic (exact) mass is 236 g/mol. The van der Waals surface area contributed by atoms with Crippen LogP contribution in [0, 0.1) is 0 Å². The Labute approximate surface area is 102 Å². The normalized spacial score (nSPS) is 11.5. The summed E-state index contributed by atoms with van der Waals surface area (Å²) >= 11 is 1.46. The maximum absolute atomic E-state index is 4.12. The molecule has 4 aromatic rings. The van der Waals surface area contributed by atoms with Crippen LogP contribution in [-0.4, -0.2) is 9.59 Å². The molecule has 0 aliphatic heterocycles. The molecular weight excluding hydrogens is 228 g/mol. The fourth-order valence-corrected chi connectivity index (χ4v) is 3.02. The molecule has 0 fully saturated rings. The Morgan fingerprint density at radius 3 is 2.65 bits per heavy atom. The van der Waals surface area contributed by atoms with Gasteiger partial charge in [-0.05, 0) is 33.8 Å². The van der Waals surface area contributed by atoms with Crippen molar-refractivity contribution in [3.05, 3.63) is 48.5 Å². The van der Waals surface area contributed by atoms with E-state index in [0.717, 1.165) is 5.52 Å². The molecule has 3 aromatic carbocycles.